The molecule has 2 heterocycles. The molecule has 7 nitrogen and oxygen atoms in total. The minimum atomic E-state index is -0.481. The number of thioether (sulfide) groups is 1. The number of hydrogen-bond acceptors (Lipinski definition) is 7. The molecule has 0 atom stereocenters. The Kier molecular flexibility index (Phi) is 7.75. The quantitative estimate of drug-likeness (QED) is 0.505. The Morgan fingerprint density at radius 3 is 2.70 bits per heavy atom. The zero-order valence-electron chi connectivity index (χ0n) is 16.9. The Morgan fingerprint density at radius 2 is 2.00 bits per heavy atom. The van der Waals surface area contributed by atoms with Crippen molar-refractivity contribution in [2.45, 2.75) is 31.2 Å². The van der Waals surface area contributed by atoms with Crippen LogP contribution in [0.5, 0.6) is 0 Å². The number of nitrogens with zero attached hydrogens (tertiary/aromatic N) is 1. The third-order valence-corrected chi connectivity index (χ3v) is 6.71. The molecule has 0 saturated carbocycles. The van der Waals surface area contributed by atoms with Gasteiger partial charge in [0.05, 0.1) is 25.8 Å². The topological polar surface area (TPSA) is 84.9 Å². The molecule has 9 heteroatoms. The first-order valence-corrected chi connectivity index (χ1v) is 11.5. The molecular formula is C21H24N2O5S2. The van der Waals surface area contributed by atoms with Gasteiger partial charge in [-0.25, -0.2) is 9.59 Å². The van der Waals surface area contributed by atoms with E-state index in [1.54, 1.807) is 23.6 Å². The summed E-state index contributed by atoms with van der Waals surface area (Å²) >= 11 is 2.92. The van der Waals surface area contributed by atoms with Gasteiger partial charge in [-0.15, -0.1) is 23.1 Å². The van der Waals surface area contributed by atoms with E-state index in [2.05, 4.69) is 5.32 Å². The molecule has 0 unspecified atom stereocenters. The Hall–Kier alpha value is -2.52. The van der Waals surface area contributed by atoms with E-state index in [0.29, 0.717) is 48.9 Å². The van der Waals surface area contributed by atoms with Crippen molar-refractivity contribution in [3.05, 3.63) is 46.3 Å². The van der Waals surface area contributed by atoms with Gasteiger partial charge in [-0.05, 0) is 31.0 Å². The molecule has 30 heavy (non-hydrogen) atoms. The van der Waals surface area contributed by atoms with Crippen LogP contribution in [0.25, 0.3) is 0 Å². The molecule has 0 aliphatic carbocycles. The fourth-order valence-electron chi connectivity index (χ4n) is 3.15. The normalized spacial score (nSPS) is 12.8. The molecule has 160 valence electrons. The zero-order valence-corrected chi connectivity index (χ0v) is 18.6. The van der Waals surface area contributed by atoms with Crippen molar-refractivity contribution in [3.8, 4) is 0 Å². The van der Waals surface area contributed by atoms with Gasteiger partial charge in [0.1, 0.15) is 5.00 Å². The van der Waals surface area contributed by atoms with Crippen molar-refractivity contribution < 1.29 is 23.9 Å². The lowest BCUT2D eigenvalue weighted by molar-refractivity contribution is -0.115. The second-order valence-corrected chi connectivity index (χ2v) is 8.80. The van der Waals surface area contributed by atoms with E-state index in [4.69, 9.17) is 9.47 Å². The molecule has 2 aromatic rings. The van der Waals surface area contributed by atoms with Crippen LogP contribution >= 0.6 is 23.1 Å². The molecule has 2 amide bonds. The molecule has 1 aliphatic heterocycles. The summed E-state index contributed by atoms with van der Waals surface area (Å²) in [4.78, 5) is 40.5. The highest BCUT2D eigenvalue weighted by Gasteiger charge is 2.31. The van der Waals surface area contributed by atoms with Crippen molar-refractivity contribution in [2.24, 2.45) is 0 Å². The number of rotatable bonds is 7. The summed E-state index contributed by atoms with van der Waals surface area (Å²) in [7, 11) is 1.32. The number of nitrogens with one attached hydrogen (secondary N) is 1. The summed E-state index contributed by atoms with van der Waals surface area (Å²) in [6, 6.07) is 9.87. The number of methoxy groups -OCH3 is 1. The standard InChI is InChI=1S/C21H24N2O5S2/c1-3-28-21(26)23-11-9-15-16(13-23)30-19(18(15)20(25)27-2)22-17(24)10-12-29-14-7-5-4-6-8-14/h4-8H,3,9-13H2,1-2H3,(H,22,24). The van der Waals surface area contributed by atoms with Crippen molar-refractivity contribution in [1.29, 1.82) is 0 Å². The van der Waals surface area contributed by atoms with Gasteiger partial charge >= 0.3 is 12.1 Å². The van der Waals surface area contributed by atoms with E-state index in [-0.39, 0.29) is 12.0 Å². The Balaban J connectivity index is 1.69. The fraction of sp³-hybridized carbons (Fsp3) is 0.381. The number of ether oxygens (including phenoxy) is 2. The molecular weight excluding hydrogens is 424 g/mol. The molecule has 3 rings (SSSR count). The number of hydrogen-bond donors (Lipinski definition) is 1. The van der Waals surface area contributed by atoms with Crippen LogP contribution in [0, 0.1) is 0 Å². The molecule has 0 fully saturated rings. The van der Waals surface area contributed by atoms with Crippen LogP contribution in [0.2, 0.25) is 0 Å². The molecule has 1 aromatic heterocycles. The van der Waals surface area contributed by atoms with Crippen molar-refractivity contribution in [1.82, 2.24) is 4.90 Å². The highest BCUT2D eigenvalue weighted by Crippen LogP contribution is 2.38. The first-order chi connectivity index (χ1) is 14.5. The smallest absolute Gasteiger partial charge is 0.410 e. The lowest BCUT2D eigenvalue weighted by Crippen LogP contribution is -2.36. The van der Waals surface area contributed by atoms with E-state index in [1.165, 1.54) is 18.4 Å². The summed E-state index contributed by atoms with van der Waals surface area (Å²) in [6.45, 7) is 2.87. The van der Waals surface area contributed by atoms with E-state index < -0.39 is 5.97 Å². The summed E-state index contributed by atoms with van der Waals surface area (Å²) in [5.74, 6) is -0.0130. The first kappa shape index (κ1) is 22.2. The maximum Gasteiger partial charge on any atom is 0.410 e. The SMILES string of the molecule is CCOC(=O)N1CCc2c(sc(NC(=O)CCSc3ccccc3)c2C(=O)OC)C1. The highest BCUT2D eigenvalue weighted by atomic mass is 32.2. The monoisotopic (exact) mass is 448 g/mol. The zero-order chi connectivity index (χ0) is 21.5. The molecule has 0 bridgehead atoms. The van der Waals surface area contributed by atoms with Gasteiger partial charge in [0, 0.05) is 28.5 Å². The Morgan fingerprint density at radius 1 is 1.23 bits per heavy atom. The van der Waals surface area contributed by atoms with Gasteiger partial charge in [0.2, 0.25) is 5.91 Å². The van der Waals surface area contributed by atoms with Gasteiger partial charge in [-0.1, -0.05) is 18.2 Å². The van der Waals surface area contributed by atoms with Crippen LogP contribution in [0.4, 0.5) is 9.80 Å². The largest absolute Gasteiger partial charge is 0.465 e. The van der Waals surface area contributed by atoms with Gasteiger partial charge < -0.3 is 19.7 Å². The minimum Gasteiger partial charge on any atom is -0.465 e. The van der Waals surface area contributed by atoms with Crippen LogP contribution in [0.15, 0.2) is 35.2 Å². The van der Waals surface area contributed by atoms with E-state index >= 15 is 0 Å². The van der Waals surface area contributed by atoms with Gasteiger partial charge in [-0.2, -0.15) is 0 Å². The van der Waals surface area contributed by atoms with E-state index in [0.717, 1.165) is 15.3 Å². The average Bonchev–Trinajstić information content (AvgIpc) is 3.11. The van der Waals surface area contributed by atoms with Crippen LogP contribution in [0.3, 0.4) is 0 Å². The molecule has 0 radical (unpaired) electrons. The second kappa shape index (κ2) is 10.5. The number of anilines is 1. The summed E-state index contributed by atoms with van der Waals surface area (Å²) < 4.78 is 10.0. The van der Waals surface area contributed by atoms with Crippen molar-refractivity contribution in [3.63, 3.8) is 0 Å². The predicted octanol–water partition coefficient (Wildman–Crippen LogP) is 4.17. The molecule has 1 N–H and O–H groups in total. The lowest BCUT2D eigenvalue weighted by atomic mass is 10.0. The van der Waals surface area contributed by atoms with Crippen LogP contribution in [-0.2, 0) is 27.2 Å². The second-order valence-electron chi connectivity index (χ2n) is 6.53. The number of amides is 2. The Labute approximate surface area is 183 Å². The highest BCUT2D eigenvalue weighted by molar-refractivity contribution is 7.99. The van der Waals surface area contributed by atoms with Crippen LogP contribution in [0.1, 0.15) is 34.1 Å². The number of benzene rings is 1. The fourth-order valence-corrected chi connectivity index (χ4v) is 5.29. The van der Waals surface area contributed by atoms with Crippen LogP contribution < -0.4 is 5.32 Å². The number of esters is 1. The lowest BCUT2D eigenvalue weighted by Gasteiger charge is -2.26. The number of fused-ring (bicyclic) bond motifs is 1. The number of thiophene rings is 1. The van der Waals surface area contributed by atoms with Gasteiger partial charge in [0.15, 0.2) is 0 Å². The third kappa shape index (κ3) is 5.34. The van der Waals surface area contributed by atoms with Gasteiger partial charge in [-0.3, -0.25) is 4.79 Å². The third-order valence-electron chi connectivity index (χ3n) is 4.57. The molecule has 1 aliphatic rings. The maximum atomic E-state index is 12.5. The van der Waals surface area contributed by atoms with Gasteiger partial charge in [0.25, 0.3) is 0 Å². The average molecular weight is 449 g/mol. The van der Waals surface area contributed by atoms with Crippen molar-refractivity contribution >= 4 is 46.1 Å². The first-order valence-electron chi connectivity index (χ1n) is 9.65. The number of carbonyl (C=O) groups is 3. The van der Waals surface area contributed by atoms with E-state index in [1.807, 2.05) is 30.3 Å². The predicted molar refractivity (Wildman–Crippen MR) is 117 cm³/mol. The van der Waals surface area contributed by atoms with Crippen LogP contribution in [-0.4, -0.2) is 48.9 Å². The van der Waals surface area contributed by atoms with E-state index in [9.17, 15) is 14.4 Å². The minimum absolute atomic E-state index is 0.163. The summed E-state index contributed by atoms with van der Waals surface area (Å²) in [6.07, 6.45) is 0.451. The molecule has 0 spiro atoms. The Bertz CT molecular complexity index is 914. The maximum absolute atomic E-state index is 12.5. The molecule has 0 saturated heterocycles. The van der Waals surface area contributed by atoms with Crippen molar-refractivity contribution in [2.75, 3.05) is 31.3 Å². The summed E-state index contributed by atoms with van der Waals surface area (Å²) in [5, 5.41) is 3.35. The summed E-state index contributed by atoms with van der Waals surface area (Å²) in [5.41, 5.74) is 1.23. The molecule has 1 aromatic carbocycles. The number of carbonyl (C=O) groups excluding carboxylic acids is 3.